The number of nitrogens with zero attached hydrogens (tertiary/aromatic N) is 4. The number of fused-ring (bicyclic) bond motifs is 1. The lowest BCUT2D eigenvalue weighted by Gasteiger charge is -2.17. The summed E-state index contributed by atoms with van der Waals surface area (Å²) in [6.45, 7) is 1.20. The van der Waals surface area contributed by atoms with Crippen LogP contribution in [0.15, 0.2) is 102 Å². The van der Waals surface area contributed by atoms with Gasteiger partial charge in [0.15, 0.2) is 18.0 Å². The molecule has 1 aliphatic rings. The number of hydrogen-bond donors (Lipinski definition) is 2. The molecule has 3 aromatic heterocycles. The normalized spacial score (nSPS) is 13.1. The molecule has 0 spiro atoms. The van der Waals surface area contributed by atoms with Gasteiger partial charge in [0.1, 0.15) is 5.82 Å². The van der Waals surface area contributed by atoms with Gasteiger partial charge in [-0.3, -0.25) is 4.98 Å². The van der Waals surface area contributed by atoms with Crippen LogP contribution in [0.1, 0.15) is 17.3 Å². The van der Waals surface area contributed by atoms with Crippen LogP contribution in [0.25, 0.3) is 33.2 Å². The molecular weight excluding hydrogens is 436 g/mol. The van der Waals surface area contributed by atoms with E-state index in [2.05, 4.69) is 38.8 Å². The minimum absolute atomic E-state index is 0.548. The zero-order chi connectivity index (χ0) is 23.5. The van der Waals surface area contributed by atoms with Crippen LogP contribution in [0.5, 0.6) is 0 Å². The van der Waals surface area contributed by atoms with E-state index < -0.39 is 0 Å². The Balaban J connectivity index is 1.48. The van der Waals surface area contributed by atoms with Crippen molar-refractivity contribution in [1.82, 2.24) is 25.3 Å². The lowest BCUT2D eigenvalue weighted by atomic mass is 10.0. The highest BCUT2D eigenvalue weighted by Gasteiger charge is 2.17. The van der Waals surface area contributed by atoms with Gasteiger partial charge in [-0.1, -0.05) is 48.5 Å². The van der Waals surface area contributed by atoms with Gasteiger partial charge < -0.3 is 15.1 Å². The molecule has 5 aromatic rings. The number of rotatable bonds is 6. The average molecular weight is 459 g/mol. The molecule has 0 amide bonds. The maximum Gasteiger partial charge on any atom is 0.181 e. The molecule has 0 unspecified atom stereocenters. The van der Waals surface area contributed by atoms with Crippen molar-refractivity contribution < 1.29 is 4.42 Å². The van der Waals surface area contributed by atoms with E-state index in [0.717, 1.165) is 50.4 Å². The topological polar surface area (TPSA) is 88.8 Å². The molecule has 0 saturated carbocycles. The summed E-state index contributed by atoms with van der Waals surface area (Å²) in [6, 6.07) is 22.4. The molecule has 1 aliphatic heterocycles. The first kappa shape index (κ1) is 20.8. The minimum Gasteiger partial charge on any atom is -0.444 e. The summed E-state index contributed by atoms with van der Waals surface area (Å²) in [7, 11) is 0. The first-order valence-electron chi connectivity index (χ1n) is 11.4. The van der Waals surface area contributed by atoms with E-state index in [1.807, 2.05) is 60.8 Å². The Labute approximate surface area is 202 Å². The molecule has 0 aliphatic carbocycles. The Hall–Kier alpha value is -4.78. The molecule has 7 nitrogen and oxygen atoms in total. The zero-order valence-corrected chi connectivity index (χ0v) is 18.8. The van der Waals surface area contributed by atoms with Gasteiger partial charge in [0.2, 0.25) is 0 Å². The summed E-state index contributed by atoms with van der Waals surface area (Å²) in [5.41, 5.74) is 5.85. The summed E-state index contributed by atoms with van der Waals surface area (Å²) >= 11 is 0. The molecule has 2 aromatic carbocycles. The van der Waals surface area contributed by atoms with Crippen molar-refractivity contribution in [1.29, 1.82) is 0 Å². The van der Waals surface area contributed by atoms with E-state index in [1.165, 1.54) is 6.39 Å². The van der Waals surface area contributed by atoms with E-state index in [0.29, 0.717) is 18.9 Å². The van der Waals surface area contributed by atoms with Crippen molar-refractivity contribution in [2.24, 2.45) is 0 Å². The third kappa shape index (κ3) is 4.27. The number of pyridine rings is 1. The Morgan fingerprint density at radius 3 is 2.69 bits per heavy atom. The fraction of sp³-hybridized carbons (Fsp3) is 0.0714. The number of dihydropyridines is 1. The van der Waals surface area contributed by atoms with E-state index in [9.17, 15) is 0 Å². The van der Waals surface area contributed by atoms with Gasteiger partial charge in [-0.2, -0.15) is 0 Å². The molecule has 4 heterocycles. The molecule has 0 bridgehead atoms. The van der Waals surface area contributed by atoms with E-state index >= 15 is 0 Å². The smallest absolute Gasteiger partial charge is 0.181 e. The summed E-state index contributed by atoms with van der Waals surface area (Å²) < 4.78 is 5.50. The Kier molecular flexibility index (Phi) is 5.48. The summed E-state index contributed by atoms with van der Waals surface area (Å²) in [5, 5.41) is 7.80. The van der Waals surface area contributed by atoms with Crippen LogP contribution in [0.3, 0.4) is 0 Å². The molecule has 6 rings (SSSR count). The Morgan fingerprint density at radius 1 is 0.943 bits per heavy atom. The fourth-order valence-electron chi connectivity index (χ4n) is 4.19. The van der Waals surface area contributed by atoms with Gasteiger partial charge in [-0.05, 0) is 35.4 Å². The number of benzene rings is 2. The SMILES string of the molecule is C1=C(c2nc(NCc3ccccn3)c3c(-c4ccccc4)cccc3n2)C=C(c2cnco2)CN1. The second-order valence-corrected chi connectivity index (χ2v) is 8.15. The van der Waals surface area contributed by atoms with Crippen LogP contribution in [0.2, 0.25) is 0 Å². The quantitative estimate of drug-likeness (QED) is 0.356. The lowest BCUT2D eigenvalue weighted by molar-refractivity contribution is 0.542. The van der Waals surface area contributed by atoms with Crippen molar-refractivity contribution in [3.05, 3.63) is 115 Å². The molecular formula is C28H22N6O. The number of oxazole rings is 1. The molecule has 0 radical (unpaired) electrons. The van der Waals surface area contributed by atoms with Gasteiger partial charge in [0, 0.05) is 30.1 Å². The maximum absolute atomic E-state index is 5.50. The Bertz CT molecular complexity index is 1530. The maximum atomic E-state index is 5.50. The average Bonchev–Trinajstić information content (AvgIpc) is 3.48. The fourth-order valence-corrected chi connectivity index (χ4v) is 4.19. The summed E-state index contributed by atoms with van der Waals surface area (Å²) in [4.78, 5) is 18.4. The molecule has 0 saturated heterocycles. The number of hydrogen-bond acceptors (Lipinski definition) is 7. The van der Waals surface area contributed by atoms with Crippen molar-refractivity contribution in [2.75, 3.05) is 11.9 Å². The predicted molar refractivity (Wildman–Crippen MR) is 137 cm³/mol. The first-order valence-corrected chi connectivity index (χ1v) is 11.4. The third-order valence-corrected chi connectivity index (χ3v) is 5.86. The van der Waals surface area contributed by atoms with E-state index in [1.54, 1.807) is 12.4 Å². The molecule has 170 valence electrons. The first-order chi connectivity index (χ1) is 17.3. The third-order valence-electron chi connectivity index (χ3n) is 5.86. The lowest BCUT2D eigenvalue weighted by Crippen LogP contribution is -2.15. The van der Waals surface area contributed by atoms with Gasteiger partial charge in [0.25, 0.3) is 0 Å². The molecule has 35 heavy (non-hydrogen) atoms. The molecule has 2 N–H and O–H groups in total. The highest BCUT2D eigenvalue weighted by Crippen LogP contribution is 2.34. The largest absolute Gasteiger partial charge is 0.444 e. The number of anilines is 1. The molecule has 0 atom stereocenters. The molecule has 7 heteroatoms. The second-order valence-electron chi connectivity index (χ2n) is 8.15. The minimum atomic E-state index is 0.548. The zero-order valence-electron chi connectivity index (χ0n) is 18.8. The van der Waals surface area contributed by atoms with Crippen LogP contribution in [0.4, 0.5) is 5.82 Å². The van der Waals surface area contributed by atoms with Crippen LogP contribution < -0.4 is 10.6 Å². The van der Waals surface area contributed by atoms with Gasteiger partial charge in [-0.15, -0.1) is 0 Å². The van der Waals surface area contributed by atoms with Gasteiger partial charge in [-0.25, -0.2) is 15.0 Å². The van der Waals surface area contributed by atoms with Crippen LogP contribution in [0, 0.1) is 0 Å². The van der Waals surface area contributed by atoms with E-state index in [4.69, 9.17) is 14.4 Å². The van der Waals surface area contributed by atoms with Crippen molar-refractivity contribution in [3.63, 3.8) is 0 Å². The number of allylic oxidation sites excluding steroid dienone is 2. The highest BCUT2D eigenvalue weighted by molar-refractivity contribution is 6.02. The number of nitrogens with one attached hydrogen (secondary N) is 2. The standard InChI is InChI=1S/C28H22N6O/c1-2-7-19(8-3-1)23-10-6-11-24-26(23)28(32-16-22-9-4-5-12-31-22)34-27(33-24)21-13-20(14-29-15-21)25-17-30-18-35-25/h1-13,15,17-18,29H,14,16H2,(H,32,33,34). The van der Waals surface area contributed by atoms with Gasteiger partial charge in [0.05, 0.1) is 29.3 Å². The van der Waals surface area contributed by atoms with Crippen LogP contribution in [-0.2, 0) is 6.54 Å². The molecule has 0 fully saturated rings. The Morgan fingerprint density at radius 2 is 1.86 bits per heavy atom. The summed E-state index contributed by atoms with van der Waals surface area (Å²) in [6.07, 6.45) is 8.92. The second kappa shape index (κ2) is 9.23. The van der Waals surface area contributed by atoms with E-state index in [-0.39, 0.29) is 0 Å². The van der Waals surface area contributed by atoms with Gasteiger partial charge >= 0.3 is 0 Å². The summed E-state index contributed by atoms with van der Waals surface area (Å²) in [5.74, 6) is 2.11. The van der Waals surface area contributed by atoms with Crippen molar-refractivity contribution >= 4 is 27.9 Å². The van der Waals surface area contributed by atoms with Crippen LogP contribution in [-0.4, -0.2) is 26.5 Å². The van der Waals surface area contributed by atoms with Crippen LogP contribution >= 0.6 is 0 Å². The van der Waals surface area contributed by atoms with Crippen molar-refractivity contribution in [3.8, 4) is 11.1 Å². The number of aromatic nitrogens is 4. The monoisotopic (exact) mass is 458 g/mol. The predicted octanol–water partition coefficient (Wildman–Crippen LogP) is 5.32. The highest BCUT2D eigenvalue weighted by atomic mass is 16.3. The van der Waals surface area contributed by atoms with Crippen molar-refractivity contribution in [2.45, 2.75) is 6.54 Å².